The van der Waals surface area contributed by atoms with E-state index in [4.69, 9.17) is 4.74 Å². The molecular weight excluding hydrogens is 229 g/mol. The maximum absolute atomic E-state index is 13.5. The van der Waals surface area contributed by atoms with Crippen molar-refractivity contribution in [2.24, 2.45) is 0 Å². The minimum Gasteiger partial charge on any atom is -0.373 e. The van der Waals surface area contributed by atoms with Crippen molar-refractivity contribution in [1.82, 2.24) is 5.32 Å². The first-order valence-electron chi connectivity index (χ1n) is 6.13. The van der Waals surface area contributed by atoms with Crippen molar-refractivity contribution in [3.8, 4) is 0 Å². The number of hydrogen-bond donors (Lipinski definition) is 1. The van der Waals surface area contributed by atoms with Gasteiger partial charge in [0, 0.05) is 17.6 Å². The van der Waals surface area contributed by atoms with Gasteiger partial charge < -0.3 is 10.1 Å². The Bertz CT molecular complexity index is 396. The molecule has 0 spiro atoms. The molecule has 0 aliphatic rings. The summed E-state index contributed by atoms with van der Waals surface area (Å²) in [5, 5.41) is 3.37. The first kappa shape index (κ1) is 14.9. The number of halogens is 1. The van der Waals surface area contributed by atoms with Crippen molar-refractivity contribution < 1.29 is 9.13 Å². The van der Waals surface area contributed by atoms with Crippen molar-refractivity contribution in [3.63, 3.8) is 0 Å². The Morgan fingerprint density at radius 1 is 1.39 bits per heavy atom. The van der Waals surface area contributed by atoms with E-state index in [1.807, 2.05) is 6.07 Å². The van der Waals surface area contributed by atoms with Crippen molar-refractivity contribution >= 4 is 0 Å². The highest BCUT2D eigenvalue weighted by atomic mass is 19.1. The summed E-state index contributed by atoms with van der Waals surface area (Å²) in [6, 6.07) is 5.13. The first-order chi connectivity index (χ1) is 8.42. The molecule has 0 aliphatic heterocycles. The molecule has 0 saturated carbocycles. The van der Waals surface area contributed by atoms with Crippen LogP contribution < -0.4 is 5.32 Å². The van der Waals surface area contributed by atoms with E-state index < -0.39 is 0 Å². The molecular formula is C15H22FNO. The molecule has 100 valence electrons. The van der Waals surface area contributed by atoms with Gasteiger partial charge >= 0.3 is 0 Å². The van der Waals surface area contributed by atoms with Crippen LogP contribution in [0.1, 0.15) is 31.9 Å². The lowest BCUT2D eigenvalue weighted by Gasteiger charge is -2.20. The maximum atomic E-state index is 13.5. The van der Waals surface area contributed by atoms with Crippen LogP contribution in [-0.4, -0.2) is 12.1 Å². The molecule has 0 atom stereocenters. The van der Waals surface area contributed by atoms with Gasteiger partial charge in [-0.3, -0.25) is 0 Å². The molecule has 1 aromatic rings. The molecule has 2 nitrogen and oxygen atoms in total. The summed E-state index contributed by atoms with van der Waals surface area (Å²) in [4.78, 5) is 0. The summed E-state index contributed by atoms with van der Waals surface area (Å²) in [6.45, 7) is 11.3. The third-order valence-electron chi connectivity index (χ3n) is 2.43. The van der Waals surface area contributed by atoms with Crippen molar-refractivity contribution in [3.05, 3.63) is 47.8 Å². The topological polar surface area (TPSA) is 21.3 Å². The van der Waals surface area contributed by atoms with Gasteiger partial charge in [0.2, 0.25) is 0 Å². The Labute approximate surface area is 109 Å². The van der Waals surface area contributed by atoms with E-state index in [1.54, 1.807) is 12.1 Å². The van der Waals surface area contributed by atoms with Crippen LogP contribution in [0.4, 0.5) is 4.39 Å². The van der Waals surface area contributed by atoms with Crippen molar-refractivity contribution in [2.45, 2.75) is 39.5 Å². The Morgan fingerprint density at radius 3 is 2.72 bits per heavy atom. The number of hydrogen-bond acceptors (Lipinski definition) is 2. The smallest absolute Gasteiger partial charge is 0.128 e. The molecule has 0 heterocycles. The van der Waals surface area contributed by atoms with Gasteiger partial charge in [-0.2, -0.15) is 0 Å². The number of ether oxygens (including phenoxy) is 1. The van der Waals surface area contributed by atoms with Crippen LogP contribution in [0, 0.1) is 5.82 Å². The zero-order chi connectivity index (χ0) is 13.6. The van der Waals surface area contributed by atoms with E-state index in [0.29, 0.717) is 12.2 Å². The summed E-state index contributed by atoms with van der Waals surface area (Å²) in [6.07, 6.45) is 1.66. The van der Waals surface area contributed by atoms with Gasteiger partial charge in [0.25, 0.3) is 0 Å². The fourth-order valence-electron chi connectivity index (χ4n) is 1.47. The fourth-order valence-corrected chi connectivity index (χ4v) is 1.47. The molecule has 0 radical (unpaired) electrons. The summed E-state index contributed by atoms with van der Waals surface area (Å²) >= 11 is 0. The zero-order valence-electron chi connectivity index (χ0n) is 11.4. The third-order valence-corrected chi connectivity index (χ3v) is 2.43. The molecule has 1 aromatic carbocycles. The number of benzene rings is 1. The molecule has 0 aromatic heterocycles. The minimum absolute atomic E-state index is 0.0495. The molecule has 1 N–H and O–H groups in total. The summed E-state index contributed by atoms with van der Waals surface area (Å²) in [5.41, 5.74) is 1.70. The molecule has 0 fully saturated rings. The van der Waals surface area contributed by atoms with Crippen LogP contribution >= 0.6 is 0 Å². The summed E-state index contributed by atoms with van der Waals surface area (Å²) in [7, 11) is 0. The maximum Gasteiger partial charge on any atom is 0.128 e. The highest BCUT2D eigenvalue weighted by Crippen LogP contribution is 2.13. The van der Waals surface area contributed by atoms with E-state index in [1.165, 1.54) is 6.07 Å². The lowest BCUT2D eigenvalue weighted by atomic mass is 10.1. The van der Waals surface area contributed by atoms with E-state index in [0.717, 1.165) is 12.1 Å². The van der Waals surface area contributed by atoms with E-state index in [2.05, 4.69) is 32.7 Å². The Hall–Kier alpha value is -1.19. The van der Waals surface area contributed by atoms with Gasteiger partial charge in [-0.25, -0.2) is 4.39 Å². The predicted octanol–water partition coefficient (Wildman–Crippen LogP) is 3.42. The fraction of sp³-hybridized carbons (Fsp3) is 0.467. The second-order valence-corrected chi connectivity index (χ2v) is 5.33. The SMILES string of the molecule is C=CCOCc1cc(CNC(C)(C)C)ccc1F. The second kappa shape index (κ2) is 6.66. The van der Waals surface area contributed by atoms with Crippen LogP contribution in [0.25, 0.3) is 0 Å². The van der Waals surface area contributed by atoms with Gasteiger partial charge in [-0.1, -0.05) is 12.1 Å². The molecule has 1 rings (SSSR count). The molecule has 0 unspecified atom stereocenters. The lowest BCUT2D eigenvalue weighted by Crippen LogP contribution is -2.35. The Kier molecular flexibility index (Phi) is 5.51. The lowest BCUT2D eigenvalue weighted by molar-refractivity contribution is 0.146. The molecule has 0 saturated heterocycles. The molecule has 0 aliphatic carbocycles. The number of nitrogens with one attached hydrogen (secondary N) is 1. The average molecular weight is 251 g/mol. The zero-order valence-corrected chi connectivity index (χ0v) is 11.4. The molecule has 3 heteroatoms. The Balaban J connectivity index is 2.65. The predicted molar refractivity (Wildman–Crippen MR) is 72.8 cm³/mol. The van der Waals surface area contributed by atoms with E-state index in [9.17, 15) is 4.39 Å². The van der Waals surface area contributed by atoms with Crippen molar-refractivity contribution in [2.75, 3.05) is 6.61 Å². The van der Waals surface area contributed by atoms with E-state index >= 15 is 0 Å². The number of rotatable bonds is 6. The quantitative estimate of drug-likeness (QED) is 0.618. The summed E-state index contributed by atoms with van der Waals surface area (Å²) in [5.74, 6) is -0.224. The normalized spacial score (nSPS) is 11.6. The third kappa shape index (κ3) is 5.43. The Morgan fingerprint density at radius 2 is 2.11 bits per heavy atom. The van der Waals surface area contributed by atoms with Gasteiger partial charge in [0.1, 0.15) is 5.82 Å². The highest BCUT2D eigenvalue weighted by Gasteiger charge is 2.09. The molecule has 0 amide bonds. The van der Waals surface area contributed by atoms with Crippen molar-refractivity contribution in [1.29, 1.82) is 0 Å². The van der Waals surface area contributed by atoms with Gasteiger partial charge in [-0.15, -0.1) is 6.58 Å². The second-order valence-electron chi connectivity index (χ2n) is 5.33. The van der Waals surface area contributed by atoms with Gasteiger partial charge in [-0.05, 0) is 38.5 Å². The average Bonchev–Trinajstić information content (AvgIpc) is 2.29. The first-order valence-corrected chi connectivity index (χ1v) is 6.13. The van der Waals surface area contributed by atoms with E-state index in [-0.39, 0.29) is 18.0 Å². The largest absolute Gasteiger partial charge is 0.373 e. The van der Waals surface area contributed by atoms with Crippen LogP contribution in [0.5, 0.6) is 0 Å². The minimum atomic E-state index is -0.224. The summed E-state index contributed by atoms with van der Waals surface area (Å²) < 4.78 is 18.8. The molecule has 18 heavy (non-hydrogen) atoms. The van der Waals surface area contributed by atoms with Crippen LogP contribution in [0.15, 0.2) is 30.9 Å². The standard InChI is InChI=1S/C15H22FNO/c1-5-8-18-11-13-9-12(6-7-14(13)16)10-17-15(2,3)4/h5-7,9,17H,1,8,10-11H2,2-4H3. The van der Waals surface area contributed by atoms with Crippen LogP contribution in [0.2, 0.25) is 0 Å². The van der Waals surface area contributed by atoms with Gasteiger partial charge in [0.15, 0.2) is 0 Å². The molecule has 0 bridgehead atoms. The van der Waals surface area contributed by atoms with Crippen LogP contribution in [-0.2, 0) is 17.9 Å². The monoisotopic (exact) mass is 251 g/mol. The van der Waals surface area contributed by atoms with Gasteiger partial charge in [0.05, 0.1) is 13.2 Å². The highest BCUT2D eigenvalue weighted by molar-refractivity contribution is 5.24. The van der Waals surface area contributed by atoms with Crippen LogP contribution in [0.3, 0.4) is 0 Å².